The Morgan fingerprint density at radius 1 is 1.24 bits per heavy atom. The van der Waals surface area contributed by atoms with Crippen molar-refractivity contribution in [2.45, 2.75) is 69.5 Å². The van der Waals surface area contributed by atoms with Gasteiger partial charge in [-0.15, -0.1) is 0 Å². The number of hydrogen-bond donors (Lipinski definition) is 4. The number of nitrogens with two attached hydrogens (primary N) is 1. The zero-order valence-electron chi connectivity index (χ0n) is 23.5. The molecule has 0 aliphatic carbocycles. The van der Waals surface area contributed by atoms with E-state index in [0.29, 0.717) is 23.3 Å². The molecule has 0 radical (unpaired) electrons. The molecule has 1 saturated heterocycles. The van der Waals surface area contributed by atoms with Gasteiger partial charge in [-0.1, -0.05) is 44.4 Å². The number of aliphatic hydroxyl groups is 2. The Labute approximate surface area is 243 Å². The molecule has 226 valence electrons. The highest BCUT2D eigenvalue weighted by atomic mass is 31.2. The van der Waals surface area contributed by atoms with Crippen LogP contribution >= 0.6 is 7.75 Å². The lowest BCUT2D eigenvalue weighted by Crippen LogP contribution is -2.46. The molecule has 1 aromatic carbocycles. The summed E-state index contributed by atoms with van der Waals surface area (Å²) in [6.07, 6.45) is 0.593. The van der Waals surface area contributed by atoms with E-state index in [0.717, 1.165) is 19.3 Å². The molecule has 0 spiro atoms. The van der Waals surface area contributed by atoms with Gasteiger partial charge in [0.1, 0.15) is 42.8 Å². The van der Waals surface area contributed by atoms with Crippen LogP contribution in [0.5, 0.6) is 5.75 Å². The average Bonchev–Trinajstić information content (AvgIpc) is 3.52. The molecule has 3 heterocycles. The normalized spacial score (nSPS) is 24.1. The average molecular weight is 602 g/mol. The zero-order chi connectivity index (χ0) is 30.3. The third-order valence-corrected chi connectivity index (χ3v) is 8.54. The summed E-state index contributed by atoms with van der Waals surface area (Å²) in [5, 5.41) is 38.8. The van der Waals surface area contributed by atoms with Crippen molar-refractivity contribution in [3.8, 4) is 11.8 Å². The maximum atomic E-state index is 13.9. The van der Waals surface area contributed by atoms with Crippen LogP contribution in [0.1, 0.15) is 51.3 Å². The van der Waals surface area contributed by atoms with E-state index in [1.165, 1.54) is 29.8 Å². The van der Waals surface area contributed by atoms with Crippen LogP contribution in [0, 0.1) is 11.3 Å². The first-order valence-electron chi connectivity index (χ1n) is 13.7. The van der Waals surface area contributed by atoms with Gasteiger partial charge in [0.05, 0.1) is 23.5 Å². The van der Waals surface area contributed by atoms with E-state index >= 15 is 0 Å². The Morgan fingerprint density at radius 2 is 2.00 bits per heavy atom. The van der Waals surface area contributed by atoms with Crippen LogP contribution in [0.3, 0.4) is 0 Å². The Hall–Kier alpha value is -3.50. The molecule has 0 saturated carbocycles. The minimum atomic E-state index is -4.39. The summed E-state index contributed by atoms with van der Waals surface area (Å²) in [5.74, 6) is -0.505. The van der Waals surface area contributed by atoms with Gasteiger partial charge in [0.25, 0.3) is 0 Å². The van der Waals surface area contributed by atoms with Crippen molar-refractivity contribution < 1.29 is 38.1 Å². The van der Waals surface area contributed by atoms with E-state index in [1.807, 2.05) is 6.07 Å². The van der Waals surface area contributed by atoms with E-state index in [2.05, 4.69) is 17.1 Å². The monoisotopic (exact) mass is 601 g/mol. The predicted octanol–water partition coefficient (Wildman–Crippen LogP) is 3.28. The number of rotatable bonds is 14. The molecule has 1 aliphatic heterocycles. The van der Waals surface area contributed by atoms with Gasteiger partial charge >= 0.3 is 13.7 Å². The number of aromatic nitrogens is 2. The molecule has 2 aromatic heterocycles. The van der Waals surface area contributed by atoms with Gasteiger partial charge in [-0.2, -0.15) is 15.4 Å². The van der Waals surface area contributed by atoms with Crippen LogP contribution < -0.4 is 15.3 Å². The first kappa shape index (κ1) is 31.4. The fourth-order valence-corrected chi connectivity index (χ4v) is 6.09. The van der Waals surface area contributed by atoms with Crippen LogP contribution in [0.2, 0.25) is 0 Å². The lowest BCUT2D eigenvalue weighted by molar-refractivity contribution is -0.145. The molecule has 5 N–H and O–H groups in total. The summed E-state index contributed by atoms with van der Waals surface area (Å²) < 4.78 is 37.9. The van der Waals surface area contributed by atoms with Gasteiger partial charge in [0.15, 0.2) is 0 Å². The van der Waals surface area contributed by atoms with Crippen LogP contribution in [0.4, 0.5) is 5.69 Å². The summed E-state index contributed by atoms with van der Waals surface area (Å²) in [6, 6.07) is 13.7. The molecule has 1 aliphatic rings. The molecule has 0 amide bonds. The second-order valence-electron chi connectivity index (χ2n) is 10.1. The van der Waals surface area contributed by atoms with Crippen LogP contribution in [-0.2, 0) is 23.4 Å². The van der Waals surface area contributed by atoms with E-state index in [9.17, 15) is 24.8 Å². The number of nitriles is 1. The highest BCUT2D eigenvalue weighted by Crippen LogP contribution is 2.48. The van der Waals surface area contributed by atoms with Gasteiger partial charge in [0.2, 0.25) is 5.60 Å². The van der Waals surface area contributed by atoms with Crippen LogP contribution in [0.15, 0.2) is 54.7 Å². The number of nitrogens with zero attached hydrogens (tertiary/aromatic N) is 3. The van der Waals surface area contributed by atoms with Gasteiger partial charge < -0.3 is 29.9 Å². The SMILES string of the molecule is CCCCCCOC(=O)[C@H](C)NP(=O)(OC[C@@]1(C#N)O[C@@H](c2ccc3c(N)ccnn23)[C@H](O)[C@@H]1O)Oc1ccccc1. The summed E-state index contributed by atoms with van der Waals surface area (Å²) >= 11 is 0. The number of aliphatic hydroxyl groups excluding tert-OH is 2. The molecule has 3 aromatic rings. The molecule has 13 nitrogen and oxygen atoms in total. The second kappa shape index (κ2) is 13.6. The topological polar surface area (TPSA) is 191 Å². The maximum absolute atomic E-state index is 13.9. The number of ether oxygens (including phenoxy) is 2. The number of esters is 1. The molecule has 1 fully saturated rings. The number of hydrogen-bond acceptors (Lipinski definition) is 11. The van der Waals surface area contributed by atoms with E-state index in [-0.39, 0.29) is 12.4 Å². The number of benzene rings is 1. The number of fused-ring (bicyclic) bond motifs is 1. The largest absolute Gasteiger partial charge is 0.465 e. The highest BCUT2D eigenvalue weighted by molar-refractivity contribution is 7.52. The number of carbonyl (C=O) groups is 1. The van der Waals surface area contributed by atoms with Crippen molar-refractivity contribution in [2.24, 2.45) is 0 Å². The van der Waals surface area contributed by atoms with Gasteiger partial charge in [-0.25, -0.2) is 9.08 Å². The minimum absolute atomic E-state index is 0.161. The molecular formula is C28H36N5O8P. The molecular weight excluding hydrogens is 565 g/mol. The van der Waals surface area contributed by atoms with Crippen LogP contribution in [0.25, 0.3) is 5.52 Å². The van der Waals surface area contributed by atoms with Crippen molar-refractivity contribution in [1.29, 1.82) is 5.26 Å². The van der Waals surface area contributed by atoms with Crippen molar-refractivity contribution in [3.05, 3.63) is 60.4 Å². The first-order chi connectivity index (χ1) is 20.1. The second-order valence-corrected chi connectivity index (χ2v) is 11.8. The number of anilines is 1. The molecule has 6 atom stereocenters. The molecule has 4 rings (SSSR count). The van der Waals surface area contributed by atoms with E-state index in [1.54, 1.807) is 36.4 Å². The van der Waals surface area contributed by atoms with Crippen molar-refractivity contribution in [3.63, 3.8) is 0 Å². The van der Waals surface area contributed by atoms with Gasteiger partial charge in [-0.3, -0.25) is 9.32 Å². The Bertz CT molecular complexity index is 1450. The van der Waals surface area contributed by atoms with Crippen LogP contribution in [-0.4, -0.2) is 62.9 Å². The van der Waals surface area contributed by atoms with E-state index in [4.69, 9.17) is 24.3 Å². The minimum Gasteiger partial charge on any atom is -0.465 e. The zero-order valence-corrected chi connectivity index (χ0v) is 24.4. The van der Waals surface area contributed by atoms with E-state index < -0.39 is 50.3 Å². The molecule has 14 heteroatoms. The van der Waals surface area contributed by atoms with Crippen molar-refractivity contribution in [2.75, 3.05) is 18.9 Å². The summed E-state index contributed by atoms with van der Waals surface area (Å²) in [5.41, 5.74) is 5.15. The number of nitrogens with one attached hydrogen (secondary N) is 1. The Balaban J connectivity index is 1.52. The molecule has 42 heavy (non-hydrogen) atoms. The fraction of sp³-hybridized carbons (Fsp3) is 0.464. The summed E-state index contributed by atoms with van der Waals surface area (Å²) in [6.45, 7) is 2.94. The third kappa shape index (κ3) is 6.93. The lowest BCUT2D eigenvalue weighted by Gasteiger charge is -2.28. The highest BCUT2D eigenvalue weighted by Gasteiger charge is 2.57. The Kier molecular flexibility index (Phi) is 10.2. The van der Waals surface area contributed by atoms with Crippen molar-refractivity contribution >= 4 is 24.9 Å². The summed E-state index contributed by atoms with van der Waals surface area (Å²) in [7, 11) is -4.39. The maximum Gasteiger partial charge on any atom is 0.459 e. The quantitative estimate of drug-likeness (QED) is 0.120. The Morgan fingerprint density at radius 3 is 2.71 bits per heavy atom. The molecule has 0 bridgehead atoms. The molecule has 1 unspecified atom stereocenters. The lowest BCUT2D eigenvalue weighted by atomic mass is 9.96. The standard InChI is InChI=1S/C28H36N5O8P/c1-3-4-5-9-16-38-27(36)19(2)32-42(37,41-20-10-7-6-8-11-20)39-18-28(17-29)26(35)24(34)25(40-28)23-13-12-22-21(30)14-15-31-33(22)23/h6-8,10-15,19,24-26,34-35H,3-5,9,16,18,30H2,1-2H3,(H,32,37)/t19-,24-,25-,26-,28+,42?/m0/s1. The fourth-order valence-electron chi connectivity index (χ4n) is 4.57. The number of nitrogen functional groups attached to an aromatic ring is 1. The number of para-hydroxylation sites is 1. The first-order valence-corrected chi connectivity index (χ1v) is 15.3. The van der Waals surface area contributed by atoms with Gasteiger partial charge in [-0.05, 0) is 43.7 Å². The summed E-state index contributed by atoms with van der Waals surface area (Å²) in [4.78, 5) is 12.6. The van der Waals surface area contributed by atoms with Crippen molar-refractivity contribution in [1.82, 2.24) is 14.7 Å². The smallest absolute Gasteiger partial charge is 0.459 e. The van der Waals surface area contributed by atoms with Gasteiger partial charge in [0, 0.05) is 6.20 Å². The number of carbonyl (C=O) groups excluding carboxylic acids is 1. The third-order valence-electron chi connectivity index (χ3n) is 6.91. The predicted molar refractivity (Wildman–Crippen MR) is 152 cm³/mol. The number of unbranched alkanes of at least 4 members (excludes halogenated alkanes) is 3.